The lowest BCUT2D eigenvalue weighted by atomic mass is 10.1. The van der Waals surface area contributed by atoms with Gasteiger partial charge in [0.05, 0.1) is 33.8 Å². The van der Waals surface area contributed by atoms with Crippen LogP contribution in [0.2, 0.25) is 5.02 Å². The Labute approximate surface area is 171 Å². The fraction of sp³-hybridized carbons (Fsp3) is 0.444. The number of amides is 1. The van der Waals surface area contributed by atoms with Gasteiger partial charge in [0, 0.05) is 5.69 Å². The van der Waals surface area contributed by atoms with Gasteiger partial charge in [-0.2, -0.15) is 18.3 Å². The number of hydrogen-bond donors (Lipinski definition) is 1. The van der Waals surface area contributed by atoms with Crippen molar-refractivity contribution in [2.24, 2.45) is 0 Å². The molecule has 2 aromatic rings. The Bertz CT molecular complexity index is 1050. The van der Waals surface area contributed by atoms with E-state index in [9.17, 15) is 26.4 Å². The first-order valence-corrected chi connectivity index (χ1v) is 11.1. The topological polar surface area (TPSA) is 81.1 Å². The van der Waals surface area contributed by atoms with Crippen LogP contribution in [0.15, 0.2) is 24.3 Å². The van der Waals surface area contributed by atoms with Crippen molar-refractivity contribution in [2.75, 3.05) is 16.8 Å². The molecule has 1 saturated heterocycles. The molecule has 1 aliphatic heterocycles. The molecule has 0 unspecified atom stereocenters. The van der Waals surface area contributed by atoms with E-state index in [1.54, 1.807) is 0 Å². The quantitative estimate of drug-likeness (QED) is 0.755. The predicted molar refractivity (Wildman–Crippen MR) is 103 cm³/mol. The van der Waals surface area contributed by atoms with E-state index in [1.165, 1.54) is 10.7 Å². The third-order valence-electron chi connectivity index (χ3n) is 4.68. The summed E-state index contributed by atoms with van der Waals surface area (Å²) in [6.07, 6.45) is -4.19. The van der Waals surface area contributed by atoms with Crippen molar-refractivity contribution in [2.45, 2.75) is 38.4 Å². The largest absolute Gasteiger partial charge is 0.416 e. The van der Waals surface area contributed by atoms with E-state index in [0.29, 0.717) is 12.1 Å². The Kier molecular flexibility index (Phi) is 5.70. The summed E-state index contributed by atoms with van der Waals surface area (Å²) in [4.78, 5) is 12.6. The Morgan fingerprint density at radius 1 is 1.31 bits per heavy atom. The minimum atomic E-state index is -4.58. The SMILES string of the molecule is CC(C)c1cc(C(=O)Nc2cc(C(F)(F)F)ccc2Cl)nn1[C@@H]1CCS(=O)(=O)C1. The normalized spacial score (nSPS) is 18.9. The Hall–Kier alpha value is -2.07. The van der Waals surface area contributed by atoms with E-state index < -0.39 is 27.5 Å². The van der Waals surface area contributed by atoms with Crippen molar-refractivity contribution in [3.05, 3.63) is 46.2 Å². The summed E-state index contributed by atoms with van der Waals surface area (Å²) in [7, 11) is -3.16. The average Bonchev–Trinajstić information content (AvgIpc) is 3.19. The molecule has 29 heavy (non-hydrogen) atoms. The highest BCUT2D eigenvalue weighted by Crippen LogP contribution is 2.34. The van der Waals surface area contributed by atoms with Crippen LogP contribution in [-0.2, 0) is 16.0 Å². The summed E-state index contributed by atoms with van der Waals surface area (Å²) >= 11 is 5.93. The number of alkyl halides is 3. The molecule has 0 aliphatic carbocycles. The fourth-order valence-electron chi connectivity index (χ4n) is 3.20. The number of nitrogens with zero attached hydrogens (tertiary/aromatic N) is 2. The maximum atomic E-state index is 12.9. The third kappa shape index (κ3) is 4.75. The Morgan fingerprint density at radius 3 is 2.55 bits per heavy atom. The zero-order chi connectivity index (χ0) is 21.6. The maximum absolute atomic E-state index is 12.9. The van der Waals surface area contributed by atoms with Gasteiger partial charge in [0.15, 0.2) is 15.5 Å². The molecule has 1 N–H and O–H groups in total. The minimum Gasteiger partial charge on any atom is -0.319 e. The van der Waals surface area contributed by atoms with Crippen LogP contribution in [0, 0.1) is 0 Å². The maximum Gasteiger partial charge on any atom is 0.416 e. The third-order valence-corrected chi connectivity index (χ3v) is 6.76. The first kappa shape index (κ1) is 21.6. The van der Waals surface area contributed by atoms with Gasteiger partial charge in [0.25, 0.3) is 5.91 Å². The molecule has 11 heteroatoms. The van der Waals surface area contributed by atoms with Gasteiger partial charge >= 0.3 is 6.18 Å². The fourth-order valence-corrected chi connectivity index (χ4v) is 5.05. The molecule has 2 heterocycles. The van der Waals surface area contributed by atoms with E-state index in [0.717, 1.165) is 18.2 Å². The van der Waals surface area contributed by atoms with Gasteiger partial charge < -0.3 is 5.32 Å². The number of carbonyl (C=O) groups is 1. The summed E-state index contributed by atoms with van der Waals surface area (Å²) in [5, 5.41) is 6.57. The minimum absolute atomic E-state index is 0.0218. The molecule has 3 rings (SSSR count). The van der Waals surface area contributed by atoms with E-state index in [-0.39, 0.29) is 39.9 Å². The van der Waals surface area contributed by atoms with Crippen LogP contribution in [0.3, 0.4) is 0 Å². The van der Waals surface area contributed by atoms with Crippen LogP contribution >= 0.6 is 11.6 Å². The van der Waals surface area contributed by atoms with Crippen LogP contribution in [0.4, 0.5) is 18.9 Å². The van der Waals surface area contributed by atoms with Gasteiger partial charge in [-0.25, -0.2) is 8.42 Å². The molecule has 0 spiro atoms. The molecule has 1 fully saturated rings. The van der Waals surface area contributed by atoms with Crippen molar-refractivity contribution in [3.8, 4) is 0 Å². The summed E-state index contributed by atoms with van der Waals surface area (Å²) in [5.41, 5.74) is -0.476. The molecule has 6 nitrogen and oxygen atoms in total. The molecular formula is C18H19ClF3N3O3S. The Balaban J connectivity index is 1.90. The molecule has 0 bridgehead atoms. The monoisotopic (exact) mass is 449 g/mol. The van der Waals surface area contributed by atoms with Crippen molar-refractivity contribution in [3.63, 3.8) is 0 Å². The van der Waals surface area contributed by atoms with Crippen molar-refractivity contribution in [1.29, 1.82) is 0 Å². The van der Waals surface area contributed by atoms with Crippen LogP contribution in [-0.4, -0.2) is 35.6 Å². The average molecular weight is 450 g/mol. The second-order valence-electron chi connectivity index (χ2n) is 7.26. The number of hydrogen-bond acceptors (Lipinski definition) is 4. The summed E-state index contributed by atoms with van der Waals surface area (Å²) in [6.45, 7) is 3.75. The number of rotatable bonds is 4. The molecule has 0 saturated carbocycles. The van der Waals surface area contributed by atoms with Gasteiger partial charge in [-0.1, -0.05) is 25.4 Å². The van der Waals surface area contributed by atoms with E-state index >= 15 is 0 Å². The highest BCUT2D eigenvalue weighted by atomic mass is 35.5. The summed E-state index contributed by atoms with van der Waals surface area (Å²) < 4.78 is 63.9. The predicted octanol–water partition coefficient (Wildman–Crippen LogP) is 4.29. The smallest absolute Gasteiger partial charge is 0.319 e. The first-order valence-electron chi connectivity index (χ1n) is 8.85. The number of aromatic nitrogens is 2. The van der Waals surface area contributed by atoms with Crippen molar-refractivity contribution >= 4 is 33.0 Å². The second kappa shape index (κ2) is 7.64. The van der Waals surface area contributed by atoms with Crippen LogP contribution < -0.4 is 5.32 Å². The standard InChI is InChI=1S/C18H19ClF3N3O3S/c1-10(2)16-8-15(24-25(16)12-5-6-29(27,28)9-12)17(26)23-14-7-11(18(20,21)22)3-4-13(14)19/h3-4,7-8,10,12H,5-6,9H2,1-2H3,(H,23,26)/t12-/m1/s1. The zero-order valence-corrected chi connectivity index (χ0v) is 17.2. The van der Waals surface area contributed by atoms with E-state index in [4.69, 9.17) is 11.6 Å². The van der Waals surface area contributed by atoms with Gasteiger partial charge in [-0.3, -0.25) is 9.48 Å². The molecule has 1 amide bonds. The van der Waals surface area contributed by atoms with Gasteiger partial charge in [-0.05, 0) is 36.6 Å². The highest BCUT2D eigenvalue weighted by molar-refractivity contribution is 7.91. The van der Waals surface area contributed by atoms with Gasteiger partial charge in [0.1, 0.15) is 0 Å². The lowest BCUT2D eigenvalue weighted by Crippen LogP contribution is -2.18. The number of carbonyl (C=O) groups excluding carboxylic acids is 1. The number of anilines is 1. The van der Waals surface area contributed by atoms with Crippen molar-refractivity contribution in [1.82, 2.24) is 9.78 Å². The van der Waals surface area contributed by atoms with Gasteiger partial charge in [-0.15, -0.1) is 0 Å². The Morgan fingerprint density at radius 2 is 2.00 bits per heavy atom. The van der Waals surface area contributed by atoms with Crippen molar-refractivity contribution < 1.29 is 26.4 Å². The molecule has 1 aromatic heterocycles. The molecule has 158 valence electrons. The summed E-state index contributed by atoms with van der Waals surface area (Å²) in [6, 6.07) is 3.78. The van der Waals surface area contributed by atoms with Gasteiger partial charge in [0.2, 0.25) is 0 Å². The molecular weight excluding hydrogens is 431 g/mol. The van der Waals surface area contributed by atoms with E-state index in [1.807, 2.05) is 13.8 Å². The first-order chi connectivity index (χ1) is 13.4. The zero-order valence-electron chi connectivity index (χ0n) is 15.6. The second-order valence-corrected chi connectivity index (χ2v) is 9.89. The number of nitrogens with one attached hydrogen (secondary N) is 1. The lowest BCUT2D eigenvalue weighted by Gasteiger charge is -2.15. The van der Waals surface area contributed by atoms with Crippen LogP contribution in [0.1, 0.15) is 54.0 Å². The van der Waals surface area contributed by atoms with Crippen LogP contribution in [0.25, 0.3) is 0 Å². The van der Waals surface area contributed by atoms with Crippen LogP contribution in [0.5, 0.6) is 0 Å². The van der Waals surface area contributed by atoms with E-state index in [2.05, 4.69) is 10.4 Å². The number of halogens is 4. The summed E-state index contributed by atoms with van der Waals surface area (Å²) in [5.74, 6) is -0.775. The number of benzene rings is 1. The molecule has 0 radical (unpaired) electrons. The highest BCUT2D eigenvalue weighted by Gasteiger charge is 2.33. The molecule has 1 aromatic carbocycles. The molecule has 1 aliphatic rings. The lowest BCUT2D eigenvalue weighted by molar-refractivity contribution is -0.137. The molecule has 1 atom stereocenters. The number of sulfone groups is 1.